The number of aromatic nitrogens is 2. The van der Waals surface area contributed by atoms with Crippen LogP contribution in [0.5, 0.6) is 0 Å². The molecule has 5 heteroatoms. The zero-order valence-electron chi connectivity index (χ0n) is 14.6. The van der Waals surface area contributed by atoms with Gasteiger partial charge in [0, 0.05) is 25.0 Å². The van der Waals surface area contributed by atoms with E-state index in [0.717, 1.165) is 36.4 Å². The van der Waals surface area contributed by atoms with Gasteiger partial charge in [-0.1, -0.05) is 24.3 Å². The molecule has 0 N–H and O–H groups in total. The number of pyridine rings is 1. The molecule has 1 aliphatic heterocycles. The van der Waals surface area contributed by atoms with Crippen LogP contribution < -0.4 is 4.90 Å². The molecule has 0 aliphatic carbocycles. The summed E-state index contributed by atoms with van der Waals surface area (Å²) in [7, 11) is 4.01. The SMILES string of the molecule is CN(C)Cc1c(C(=O)N2CCCc3ccccc32)nc2ccccn12. The Morgan fingerprint density at radius 3 is 2.80 bits per heavy atom. The predicted molar refractivity (Wildman–Crippen MR) is 99.0 cm³/mol. The van der Waals surface area contributed by atoms with E-state index < -0.39 is 0 Å². The van der Waals surface area contributed by atoms with Gasteiger partial charge in [-0.15, -0.1) is 0 Å². The third-order valence-corrected chi connectivity index (χ3v) is 4.65. The normalized spacial score (nSPS) is 14.1. The summed E-state index contributed by atoms with van der Waals surface area (Å²) in [6.07, 6.45) is 3.98. The van der Waals surface area contributed by atoms with Crippen molar-refractivity contribution in [3.8, 4) is 0 Å². The molecule has 0 radical (unpaired) electrons. The minimum atomic E-state index is -0.00676. The molecule has 0 spiro atoms. The Morgan fingerprint density at radius 2 is 1.96 bits per heavy atom. The van der Waals surface area contributed by atoms with E-state index in [-0.39, 0.29) is 5.91 Å². The summed E-state index contributed by atoms with van der Waals surface area (Å²) >= 11 is 0. The van der Waals surface area contributed by atoms with Gasteiger partial charge in [0.25, 0.3) is 5.91 Å². The van der Waals surface area contributed by atoms with Crippen LogP contribution in [0.2, 0.25) is 0 Å². The number of benzene rings is 1. The monoisotopic (exact) mass is 334 g/mol. The molecular weight excluding hydrogens is 312 g/mol. The standard InChI is InChI=1S/C20H22N4O/c1-22(2)14-17-19(21-18-11-5-6-12-23(17)18)20(25)24-13-7-9-15-8-3-4-10-16(15)24/h3-6,8,10-12H,7,9,13-14H2,1-2H3. The Bertz CT molecular complexity index is 928. The molecule has 0 atom stereocenters. The van der Waals surface area contributed by atoms with Crippen molar-refractivity contribution in [2.24, 2.45) is 0 Å². The highest BCUT2D eigenvalue weighted by Gasteiger charge is 2.28. The molecule has 0 saturated carbocycles. The average Bonchev–Trinajstić information content (AvgIpc) is 2.99. The molecule has 5 nitrogen and oxygen atoms in total. The molecule has 0 fully saturated rings. The van der Waals surface area contributed by atoms with E-state index >= 15 is 0 Å². The molecule has 1 aliphatic rings. The first kappa shape index (κ1) is 15.8. The van der Waals surface area contributed by atoms with Crippen molar-refractivity contribution in [1.82, 2.24) is 14.3 Å². The Labute approximate surface area is 147 Å². The van der Waals surface area contributed by atoms with Crippen LogP contribution in [-0.4, -0.2) is 40.8 Å². The fourth-order valence-corrected chi connectivity index (χ4v) is 3.54. The van der Waals surface area contributed by atoms with Gasteiger partial charge in [-0.2, -0.15) is 0 Å². The van der Waals surface area contributed by atoms with Gasteiger partial charge in [0.2, 0.25) is 0 Å². The lowest BCUT2D eigenvalue weighted by atomic mass is 10.0. The van der Waals surface area contributed by atoms with Gasteiger partial charge in [0.05, 0.1) is 5.69 Å². The number of para-hydroxylation sites is 1. The number of nitrogens with zero attached hydrogens (tertiary/aromatic N) is 4. The van der Waals surface area contributed by atoms with Crippen molar-refractivity contribution in [3.05, 3.63) is 65.6 Å². The summed E-state index contributed by atoms with van der Waals surface area (Å²) in [6.45, 7) is 1.41. The minimum Gasteiger partial charge on any atom is -0.307 e. The van der Waals surface area contributed by atoms with Crippen LogP contribution >= 0.6 is 0 Å². The number of amides is 1. The Kier molecular flexibility index (Phi) is 4.01. The van der Waals surface area contributed by atoms with Gasteiger partial charge in [-0.3, -0.25) is 4.79 Å². The number of carbonyl (C=O) groups is 1. The van der Waals surface area contributed by atoms with E-state index in [1.54, 1.807) is 0 Å². The van der Waals surface area contributed by atoms with Crippen LogP contribution in [0.1, 0.15) is 28.2 Å². The Hall–Kier alpha value is -2.66. The Balaban J connectivity index is 1.81. The van der Waals surface area contributed by atoms with E-state index in [2.05, 4.69) is 16.0 Å². The maximum Gasteiger partial charge on any atom is 0.278 e. The van der Waals surface area contributed by atoms with Gasteiger partial charge in [0.1, 0.15) is 5.65 Å². The second kappa shape index (κ2) is 6.33. The second-order valence-corrected chi connectivity index (χ2v) is 6.76. The molecular formula is C20H22N4O. The lowest BCUT2D eigenvalue weighted by Crippen LogP contribution is -2.36. The van der Waals surface area contributed by atoms with Crippen LogP contribution in [0.15, 0.2) is 48.7 Å². The average molecular weight is 334 g/mol. The van der Waals surface area contributed by atoms with Crippen LogP contribution in [0.3, 0.4) is 0 Å². The highest BCUT2D eigenvalue weighted by Crippen LogP contribution is 2.29. The van der Waals surface area contributed by atoms with Crippen LogP contribution in [0.25, 0.3) is 5.65 Å². The maximum atomic E-state index is 13.4. The summed E-state index contributed by atoms with van der Waals surface area (Å²) < 4.78 is 2.02. The third kappa shape index (κ3) is 2.81. The van der Waals surface area contributed by atoms with Gasteiger partial charge in [-0.25, -0.2) is 4.98 Å². The van der Waals surface area contributed by atoms with Crippen molar-refractivity contribution in [3.63, 3.8) is 0 Å². The summed E-state index contributed by atoms with van der Waals surface area (Å²) in [5.74, 6) is -0.00676. The molecule has 0 unspecified atom stereocenters. The fraction of sp³-hybridized carbons (Fsp3) is 0.300. The van der Waals surface area contributed by atoms with E-state index in [1.807, 2.05) is 66.0 Å². The van der Waals surface area contributed by atoms with Crippen molar-refractivity contribution in [2.45, 2.75) is 19.4 Å². The van der Waals surface area contributed by atoms with Gasteiger partial charge < -0.3 is 14.2 Å². The van der Waals surface area contributed by atoms with Crippen LogP contribution in [0, 0.1) is 0 Å². The number of hydrogen-bond acceptors (Lipinski definition) is 3. The number of aryl methyl sites for hydroxylation is 1. The zero-order valence-corrected chi connectivity index (χ0v) is 14.6. The third-order valence-electron chi connectivity index (χ3n) is 4.65. The largest absolute Gasteiger partial charge is 0.307 e. The molecule has 3 heterocycles. The van der Waals surface area contributed by atoms with Crippen molar-refractivity contribution in [1.29, 1.82) is 0 Å². The second-order valence-electron chi connectivity index (χ2n) is 6.76. The summed E-state index contributed by atoms with van der Waals surface area (Å²) in [4.78, 5) is 22.0. The maximum absolute atomic E-state index is 13.4. The summed E-state index contributed by atoms with van der Waals surface area (Å²) in [5.41, 5.74) is 4.56. The zero-order chi connectivity index (χ0) is 17.4. The molecule has 1 amide bonds. The van der Waals surface area contributed by atoms with Crippen molar-refractivity contribution >= 4 is 17.2 Å². The van der Waals surface area contributed by atoms with Gasteiger partial charge in [0.15, 0.2) is 5.69 Å². The number of carbonyl (C=O) groups excluding carboxylic acids is 1. The first-order valence-corrected chi connectivity index (χ1v) is 8.65. The van der Waals surface area contributed by atoms with Crippen molar-refractivity contribution < 1.29 is 4.79 Å². The number of fused-ring (bicyclic) bond motifs is 2. The molecule has 128 valence electrons. The smallest absolute Gasteiger partial charge is 0.278 e. The number of hydrogen-bond donors (Lipinski definition) is 0. The molecule has 3 aromatic rings. The number of rotatable bonds is 3. The number of anilines is 1. The van der Waals surface area contributed by atoms with Crippen LogP contribution in [-0.2, 0) is 13.0 Å². The van der Waals surface area contributed by atoms with Gasteiger partial charge >= 0.3 is 0 Å². The fourth-order valence-electron chi connectivity index (χ4n) is 3.54. The van der Waals surface area contributed by atoms with Crippen LogP contribution in [0.4, 0.5) is 5.69 Å². The van der Waals surface area contributed by atoms with E-state index in [0.29, 0.717) is 12.2 Å². The topological polar surface area (TPSA) is 40.9 Å². The minimum absolute atomic E-state index is 0.00676. The molecule has 25 heavy (non-hydrogen) atoms. The molecule has 2 aromatic heterocycles. The van der Waals surface area contributed by atoms with E-state index in [9.17, 15) is 4.79 Å². The van der Waals surface area contributed by atoms with Crippen molar-refractivity contribution in [2.75, 3.05) is 25.5 Å². The van der Waals surface area contributed by atoms with E-state index in [1.165, 1.54) is 5.56 Å². The quantitative estimate of drug-likeness (QED) is 0.739. The lowest BCUT2D eigenvalue weighted by Gasteiger charge is -2.29. The van der Waals surface area contributed by atoms with E-state index in [4.69, 9.17) is 0 Å². The Morgan fingerprint density at radius 1 is 1.16 bits per heavy atom. The highest BCUT2D eigenvalue weighted by atomic mass is 16.2. The summed E-state index contributed by atoms with van der Waals surface area (Å²) in [5, 5.41) is 0. The lowest BCUT2D eigenvalue weighted by molar-refractivity contribution is 0.0979. The first-order chi connectivity index (χ1) is 12.1. The van der Waals surface area contributed by atoms with Gasteiger partial charge in [-0.05, 0) is 50.7 Å². The molecule has 0 saturated heterocycles. The highest BCUT2D eigenvalue weighted by molar-refractivity contribution is 6.06. The molecule has 4 rings (SSSR count). The predicted octanol–water partition coefficient (Wildman–Crippen LogP) is 2.99. The summed E-state index contributed by atoms with van der Waals surface area (Å²) in [6, 6.07) is 14.0. The number of imidazole rings is 1. The molecule has 0 bridgehead atoms. The first-order valence-electron chi connectivity index (χ1n) is 8.65. The molecule has 1 aromatic carbocycles.